The van der Waals surface area contributed by atoms with Crippen molar-refractivity contribution in [2.24, 2.45) is 5.92 Å². The summed E-state index contributed by atoms with van der Waals surface area (Å²) >= 11 is 6.12. The first-order valence-electron chi connectivity index (χ1n) is 9.23. The van der Waals surface area contributed by atoms with Crippen LogP contribution >= 0.6 is 11.6 Å². The molecule has 7 nitrogen and oxygen atoms in total. The fraction of sp³-hybridized carbons (Fsp3) is 0.579. The SMILES string of the molecule is COC(=O)C1CCN(C(=O)CCCN(c2cccc(Cl)c2C)S(C)(=O)=O)CC1. The lowest BCUT2D eigenvalue weighted by Gasteiger charge is -2.31. The number of rotatable bonds is 7. The molecule has 0 N–H and O–H groups in total. The largest absolute Gasteiger partial charge is 0.469 e. The van der Waals surface area contributed by atoms with Crippen molar-refractivity contribution in [1.82, 2.24) is 4.90 Å². The highest BCUT2D eigenvalue weighted by Gasteiger charge is 2.28. The van der Waals surface area contributed by atoms with Gasteiger partial charge in [0, 0.05) is 31.1 Å². The molecule has 0 atom stereocenters. The topological polar surface area (TPSA) is 84.0 Å². The van der Waals surface area contributed by atoms with E-state index in [1.165, 1.54) is 11.4 Å². The summed E-state index contributed by atoms with van der Waals surface area (Å²) in [6.07, 6.45) is 2.97. The maximum Gasteiger partial charge on any atom is 0.308 e. The van der Waals surface area contributed by atoms with Gasteiger partial charge in [0.05, 0.1) is 25.0 Å². The number of hydrogen-bond donors (Lipinski definition) is 0. The summed E-state index contributed by atoms with van der Waals surface area (Å²) in [5.41, 5.74) is 1.21. The van der Waals surface area contributed by atoms with Crippen LogP contribution in [0.1, 0.15) is 31.2 Å². The van der Waals surface area contributed by atoms with E-state index in [-0.39, 0.29) is 30.8 Å². The molecule has 0 bridgehead atoms. The molecule has 9 heteroatoms. The van der Waals surface area contributed by atoms with E-state index in [2.05, 4.69) is 0 Å². The Balaban J connectivity index is 1.93. The number of halogens is 1. The molecule has 1 amide bonds. The van der Waals surface area contributed by atoms with Gasteiger partial charge in [-0.2, -0.15) is 0 Å². The summed E-state index contributed by atoms with van der Waals surface area (Å²) in [6, 6.07) is 5.13. The van der Waals surface area contributed by atoms with E-state index in [1.807, 2.05) is 0 Å². The quantitative estimate of drug-likeness (QED) is 0.621. The summed E-state index contributed by atoms with van der Waals surface area (Å²) in [4.78, 5) is 25.8. The van der Waals surface area contributed by atoms with Gasteiger partial charge in [-0.1, -0.05) is 17.7 Å². The average Bonchev–Trinajstić information content (AvgIpc) is 2.66. The number of amides is 1. The van der Waals surface area contributed by atoms with Crippen molar-refractivity contribution in [1.29, 1.82) is 0 Å². The van der Waals surface area contributed by atoms with Gasteiger partial charge in [-0.05, 0) is 43.9 Å². The number of carbonyl (C=O) groups excluding carboxylic acids is 2. The minimum absolute atomic E-state index is 0.0282. The molecule has 0 saturated carbocycles. The number of esters is 1. The molecule has 1 aliphatic heterocycles. The molecule has 0 unspecified atom stereocenters. The van der Waals surface area contributed by atoms with Crippen molar-refractivity contribution in [3.63, 3.8) is 0 Å². The number of ether oxygens (including phenoxy) is 1. The molecule has 0 aliphatic carbocycles. The third-order valence-corrected chi connectivity index (χ3v) is 6.63. The van der Waals surface area contributed by atoms with Crippen LogP contribution in [0.15, 0.2) is 18.2 Å². The third kappa shape index (κ3) is 5.61. The molecule has 28 heavy (non-hydrogen) atoms. The first kappa shape index (κ1) is 22.5. The predicted octanol–water partition coefficient (Wildman–Crippen LogP) is 2.61. The third-order valence-electron chi connectivity index (χ3n) is 5.04. The monoisotopic (exact) mass is 430 g/mol. The summed E-state index contributed by atoms with van der Waals surface area (Å²) in [5.74, 6) is -0.409. The first-order valence-corrected chi connectivity index (χ1v) is 11.5. The number of anilines is 1. The van der Waals surface area contributed by atoms with E-state index >= 15 is 0 Å². The molecule has 1 aliphatic rings. The van der Waals surface area contributed by atoms with Crippen molar-refractivity contribution < 1.29 is 22.7 Å². The Kier molecular flexibility index (Phi) is 7.71. The van der Waals surface area contributed by atoms with Crippen LogP contribution in [0.3, 0.4) is 0 Å². The van der Waals surface area contributed by atoms with Crippen LogP contribution in [-0.2, 0) is 24.3 Å². The summed E-state index contributed by atoms with van der Waals surface area (Å²) in [6.45, 7) is 3.00. The number of sulfonamides is 1. The molecule has 1 heterocycles. The minimum atomic E-state index is -3.50. The molecular weight excluding hydrogens is 404 g/mol. The zero-order valence-corrected chi connectivity index (χ0v) is 18.1. The second-order valence-electron chi connectivity index (χ2n) is 7.00. The smallest absolute Gasteiger partial charge is 0.308 e. The summed E-state index contributed by atoms with van der Waals surface area (Å²) in [5, 5.41) is 0.496. The van der Waals surface area contributed by atoms with Crippen LogP contribution in [0, 0.1) is 12.8 Å². The van der Waals surface area contributed by atoms with E-state index in [9.17, 15) is 18.0 Å². The molecule has 0 aromatic heterocycles. The van der Waals surface area contributed by atoms with Gasteiger partial charge in [0.25, 0.3) is 0 Å². The molecular formula is C19H27ClN2O5S. The summed E-state index contributed by atoms with van der Waals surface area (Å²) in [7, 11) is -2.13. The van der Waals surface area contributed by atoms with Crippen LogP contribution in [-0.4, -0.2) is 58.2 Å². The lowest BCUT2D eigenvalue weighted by atomic mass is 9.97. The van der Waals surface area contributed by atoms with Crippen LogP contribution in [0.2, 0.25) is 5.02 Å². The lowest BCUT2D eigenvalue weighted by Crippen LogP contribution is -2.41. The maximum atomic E-state index is 12.5. The van der Waals surface area contributed by atoms with Gasteiger partial charge in [0.15, 0.2) is 0 Å². The van der Waals surface area contributed by atoms with Crippen molar-refractivity contribution in [2.45, 2.75) is 32.6 Å². The van der Waals surface area contributed by atoms with Gasteiger partial charge >= 0.3 is 5.97 Å². The Labute approximate surface area is 171 Å². The number of benzene rings is 1. The molecule has 0 spiro atoms. The highest BCUT2D eigenvalue weighted by molar-refractivity contribution is 7.92. The second kappa shape index (κ2) is 9.60. The second-order valence-corrected chi connectivity index (χ2v) is 9.31. The van der Waals surface area contributed by atoms with E-state index in [0.29, 0.717) is 48.6 Å². The first-order chi connectivity index (χ1) is 13.1. The van der Waals surface area contributed by atoms with Crippen LogP contribution in [0.25, 0.3) is 0 Å². The van der Waals surface area contributed by atoms with Gasteiger partial charge < -0.3 is 9.64 Å². The van der Waals surface area contributed by atoms with Crippen molar-refractivity contribution in [2.75, 3.05) is 37.3 Å². The number of piperidine rings is 1. The Morgan fingerprint density at radius 2 is 1.93 bits per heavy atom. The van der Waals surface area contributed by atoms with E-state index < -0.39 is 10.0 Å². The normalized spacial score (nSPS) is 15.4. The molecule has 0 radical (unpaired) electrons. The van der Waals surface area contributed by atoms with Crippen molar-refractivity contribution >= 4 is 39.2 Å². The molecule has 156 valence electrons. The highest BCUT2D eigenvalue weighted by atomic mass is 35.5. The zero-order chi connectivity index (χ0) is 20.9. The Morgan fingerprint density at radius 3 is 2.50 bits per heavy atom. The Morgan fingerprint density at radius 1 is 1.29 bits per heavy atom. The van der Waals surface area contributed by atoms with E-state index in [1.54, 1.807) is 30.0 Å². The van der Waals surface area contributed by atoms with Crippen LogP contribution in [0.5, 0.6) is 0 Å². The molecule has 1 saturated heterocycles. The van der Waals surface area contributed by atoms with Crippen LogP contribution in [0.4, 0.5) is 5.69 Å². The Bertz CT molecular complexity index is 820. The van der Waals surface area contributed by atoms with Crippen molar-refractivity contribution in [3.05, 3.63) is 28.8 Å². The maximum absolute atomic E-state index is 12.5. The number of hydrogen-bond acceptors (Lipinski definition) is 5. The Hall–Kier alpha value is -1.80. The molecule has 1 aromatic carbocycles. The van der Waals surface area contributed by atoms with Gasteiger partial charge in [-0.3, -0.25) is 13.9 Å². The minimum Gasteiger partial charge on any atom is -0.469 e. The molecule has 1 aromatic rings. The number of carbonyl (C=O) groups is 2. The fourth-order valence-corrected chi connectivity index (χ4v) is 4.58. The van der Waals surface area contributed by atoms with Crippen LogP contribution < -0.4 is 4.31 Å². The van der Waals surface area contributed by atoms with E-state index in [0.717, 1.165) is 6.26 Å². The molecule has 2 rings (SSSR count). The van der Waals surface area contributed by atoms with Gasteiger partial charge in [0.1, 0.15) is 0 Å². The van der Waals surface area contributed by atoms with Crippen molar-refractivity contribution in [3.8, 4) is 0 Å². The van der Waals surface area contributed by atoms with Gasteiger partial charge in [0.2, 0.25) is 15.9 Å². The summed E-state index contributed by atoms with van der Waals surface area (Å²) < 4.78 is 30.5. The average molecular weight is 431 g/mol. The predicted molar refractivity (Wildman–Crippen MR) is 109 cm³/mol. The fourth-order valence-electron chi connectivity index (χ4n) is 3.39. The number of methoxy groups -OCH3 is 1. The molecule has 1 fully saturated rings. The van der Waals surface area contributed by atoms with Gasteiger partial charge in [-0.25, -0.2) is 8.42 Å². The van der Waals surface area contributed by atoms with E-state index in [4.69, 9.17) is 16.3 Å². The zero-order valence-electron chi connectivity index (χ0n) is 16.5. The lowest BCUT2D eigenvalue weighted by molar-refractivity contribution is -0.148. The highest BCUT2D eigenvalue weighted by Crippen LogP contribution is 2.28. The number of nitrogens with zero attached hydrogens (tertiary/aromatic N) is 2. The van der Waals surface area contributed by atoms with Gasteiger partial charge in [-0.15, -0.1) is 0 Å². The standard InChI is InChI=1S/C19H27ClN2O5S/c1-14-16(20)6-4-7-17(14)22(28(3,25)26)11-5-8-18(23)21-12-9-15(10-13-21)19(24)27-2/h4,6-7,15H,5,8-13H2,1-3H3. The number of likely N-dealkylation sites (tertiary alicyclic amines) is 1.